The highest BCUT2D eigenvalue weighted by atomic mass is 16.5. The van der Waals surface area contributed by atoms with Gasteiger partial charge in [-0.1, -0.05) is 46.8 Å². The lowest BCUT2D eigenvalue weighted by molar-refractivity contribution is -0.141. The smallest absolute Gasteiger partial charge is 0.325 e. The number of hydrogen-bond donors (Lipinski definition) is 2. The molecule has 3 amide bonds. The Morgan fingerprint density at radius 2 is 1.88 bits per heavy atom. The summed E-state index contributed by atoms with van der Waals surface area (Å²) in [6.07, 6.45) is 0. The largest absolute Gasteiger partial charge is 0.465 e. The Kier molecular flexibility index (Phi) is 9.23. The average molecular weight is 472 g/mol. The Bertz CT molecular complexity index is 1010. The van der Waals surface area contributed by atoms with Gasteiger partial charge < -0.3 is 20.3 Å². The molecular formula is C25H37N5O4. The van der Waals surface area contributed by atoms with E-state index in [1.54, 1.807) is 11.6 Å². The highest BCUT2D eigenvalue weighted by molar-refractivity contribution is 5.94. The van der Waals surface area contributed by atoms with Crippen LogP contribution in [0.15, 0.2) is 30.3 Å². The van der Waals surface area contributed by atoms with Crippen molar-refractivity contribution in [3.8, 4) is 5.69 Å². The molecule has 2 N–H and O–H groups in total. The number of aromatic nitrogens is 2. The maximum absolute atomic E-state index is 13.0. The van der Waals surface area contributed by atoms with Gasteiger partial charge in [-0.15, -0.1) is 0 Å². The summed E-state index contributed by atoms with van der Waals surface area (Å²) < 4.78 is 6.55. The number of amides is 3. The van der Waals surface area contributed by atoms with Crippen LogP contribution in [0, 0.1) is 12.8 Å². The van der Waals surface area contributed by atoms with Crippen LogP contribution in [0.3, 0.4) is 0 Å². The summed E-state index contributed by atoms with van der Waals surface area (Å²) in [5, 5.41) is 10.2. The van der Waals surface area contributed by atoms with Crippen LogP contribution in [0.4, 0.5) is 10.6 Å². The van der Waals surface area contributed by atoms with Crippen molar-refractivity contribution in [1.29, 1.82) is 0 Å². The van der Waals surface area contributed by atoms with Gasteiger partial charge in [-0.05, 0) is 37.5 Å². The van der Waals surface area contributed by atoms with Crippen molar-refractivity contribution in [2.45, 2.75) is 53.9 Å². The molecule has 1 aromatic carbocycles. The van der Waals surface area contributed by atoms with Gasteiger partial charge in [-0.2, -0.15) is 5.10 Å². The van der Waals surface area contributed by atoms with Crippen molar-refractivity contribution >= 4 is 23.7 Å². The zero-order valence-electron chi connectivity index (χ0n) is 21.3. The molecule has 0 radical (unpaired) electrons. The summed E-state index contributed by atoms with van der Waals surface area (Å²) in [5.74, 6) is -0.230. The lowest BCUT2D eigenvalue weighted by atomic mass is 9.92. The first-order valence-corrected chi connectivity index (χ1v) is 11.6. The summed E-state index contributed by atoms with van der Waals surface area (Å²) in [5.41, 5.74) is 2.52. The normalized spacial score (nSPS) is 11.3. The van der Waals surface area contributed by atoms with E-state index in [0.29, 0.717) is 12.4 Å². The molecule has 2 rings (SSSR count). The second-order valence-corrected chi connectivity index (χ2v) is 9.70. The van der Waals surface area contributed by atoms with Crippen LogP contribution in [0.25, 0.3) is 5.69 Å². The minimum absolute atomic E-state index is 0.131. The van der Waals surface area contributed by atoms with E-state index >= 15 is 0 Å². The van der Waals surface area contributed by atoms with Crippen LogP contribution < -0.4 is 10.6 Å². The van der Waals surface area contributed by atoms with Crippen LogP contribution in [-0.2, 0) is 19.7 Å². The van der Waals surface area contributed by atoms with Gasteiger partial charge in [0.2, 0.25) is 5.91 Å². The number of urea groups is 1. The van der Waals surface area contributed by atoms with E-state index < -0.39 is 12.0 Å². The van der Waals surface area contributed by atoms with Gasteiger partial charge in [-0.3, -0.25) is 9.59 Å². The molecule has 0 unspecified atom stereocenters. The Labute approximate surface area is 201 Å². The van der Waals surface area contributed by atoms with Crippen molar-refractivity contribution in [2.24, 2.45) is 5.92 Å². The standard InChI is InChI=1S/C25H37N5O4/c1-8-34-23(32)14-26-24(33)29(15-17(2)3)16-22(31)27-21-13-20(25(5,6)7)28-30(21)19-11-9-10-18(4)12-19/h9-13,17H,8,14-16H2,1-7H3,(H,26,33)(H,27,31). The van der Waals surface area contributed by atoms with Gasteiger partial charge >= 0.3 is 12.0 Å². The van der Waals surface area contributed by atoms with Crippen LogP contribution in [0.1, 0.15) is 52.8 Å². The number of nitrogens with zero attached hydrogens (tertiary/aromatic N) is 3. The molecule has 0 spiro atoms. The third-order valence-electron chi connectivity index (χ3n) is 4.89. The van der Waals surface area contributed by atoms with Gasteiger partial charge in [0.15, 0.2) is 0 Å². The lowest BCUT2D eigenvalue weighted by Crippen LogP contribution is -2.47. The summed E-state index contributed by atoms with van der Waals surface area (Å²) in [6.45, 7) is 13.9. The number of esters is 1. The fourth-order valence-corrected chi connectivity index (χ4v) is 3.28. The van der Waals surface area contributed by atoms with Crippen molar-refractivity contribution in [3.63, 3.8) is 0 Å². The molecule has 0 saturated carbocycles. The van der Waals surface area contributed by atoms with Crippen molar-refractivity contribution < 1.29 is 19.1 Å². The molecule has 1 aromatic heterocycles. The number of ether oxygens (including phenoxy) is 1. The number of benzene rings is 1. The van der Waals surface area contributed by atoms with Gasteiger partial charge in [0.05, 0.1) is 18.0 Å². The van der Waals surface area contributed by atoms with E-state index in [9.17, 15) is 14.4 Å². The van der Waals surface area contributed by atoms with Crippen LogP contribution in [0.5, 0.6) is 0 Å². The number of anilines is 1. The summed E-state index contributed by atoms with van der Waals surface area (Å²) in [4.78, 5) is 38.6. The van der Waals surface area contributed by atoms with E-state index in [-0.39, 0.29) is 36.9 Å². The zero-order chi connectivity index (χ0) is 25.5. The van der Waals surface area contributed by atoms with Crippen molar-refractivity contribution in [3.05, 3.63) is 41.6 Å². The molecule has 9 nitrogen and oxygen atoms in total. The number of rotatable bonds is 9. The fraction of sp³-hybridized carbons (Fsp3) is 0.520. The number of hydrogen-bond acceptors (Lipinski definition) is 5. The summed E-state index contributed by atoms with van der Waals surface area (Å²) in [6, 6.07) is 9.20. The number of carbonyl (C=O) groups excluding carboxylic acids is 3. The molecule has 2 aromatic rings. The molecule has 0 aliphatic carbocycles. The molecule has 0 bridgehead atoms. The van der Waals surface area contributed by atoms with E-state index in [1.165, 1.54) is 4.90 Å². The number of aryl methyl sites for hydroxylation is 1. The Balaban J connectivity index is 2.22. The highest BCUT2D eigenvalue weighted by Gasteiger charge is 2.23. The minimum atomic E-state index is -0.526. The van der Waals surface area contributed by atoms with E-state index in [0.717, 1.165) is 16.9 Å². The molecule has 34 heavy (non-hydrogen) atoms. The number of nitrogens with one attached hydrogen (secondary N) is 2. The molecule has 0 aliphatic rings. The molecule has 0 fully saturated rings. The fourth-order valence-electron chi connectivity index (χ4n) is 3.28. The predicted octanol–water partition coefficient (Wildman–Crippen LogP) is 3.65. The second kappa shape index (κ2) is 11.7. The average Bonchev–Trinajstić information content (AvgIpc) is 3.15. The van der Waals surface area contributed by atoms with Crippen molar-refractivity contribution in [2.75, 3.05) is 31.6 Å². The van der Waals surface area contributed by atoms with E-state index in [4.69, 9.17) is 9.84 Å². The number of carbonyl (C=O) groups is 3. The monoisotopic (exact) mass is 471 g/mol. The lowest BCUT2D eigenvalue weighted by Gasteiger charge is -2.24. The summed E-state index contributed by atoms with van der Waals surface area (Å²) in [7, 11) is 0. The molecule has 1 heterocycles. The van der Waals surface area contributed by atoms with Crippen molar-refractivity contribution in [1.82, 2.24) is 20.0 Å². The van der Waals surface area contributed by atoms with Crippen LogP contribution in [0.2, 0.25) is 0 Å². The molecule has 0 atom stereocenters. The van der Waals surface area contributed by atoms with Gasteiger partial charge in [-0.25, -0.2) is 9.48 Å². The molecule has 186 valence electrons. The molecule has 9 heteroatoms. The maximum atomic E-state index is 13.0. The van der Waals surface area contributed by atoms with Gasteiger partial charge in [0, 0.05) is 18.0 Å². The first kappa shape index (κ1) is 26.9. The quantitative estimate of drug-likeness (QED) is 0.543. The predicted molar refractivity (Wildman–Crippen MR) is 132 cm³/mol. The second-order valence-electron chi connectivity index (χ2n) is 9.70. The van der Waals surface area contributed by atoms with E-state index in [2.05, 4.69) is 31.4 Å². The first-order valence-electron chi connectivity index (χ1n) is 11.6. The third-order valence-corrected chi connectivity index (χ3v) is 4.89. The van der Waals surface area contributed by atoms with Crippen LogP contribution >= 0.6 is 0 Å². The molecular weight excluding hydrogens is 434 g/mol. The van der Waals surface area contributed by atoms with Gasteiger partial charge in [0.1, 0.15) is 18.9 Å². The highest BCUT2D eigenvalue weighted by Crippen LogP contribution is 2.26. The Morgan fingerprint density at radius 3 is 2.47 bits per heavy atom. The third kappa shape index (κ3) is 7.90. The maximum Gasteiger partial charge on any atom is 0.325 e. The zero-order valence-corrected chi connectivity index (χ0v) is 21.3. The first-order chi connectivity index (χ1) is 15.9. The Morgan fingerprint density at radius 1 is 1.18 bits per heavy atom. The van der Waals surface area contributed by atoms with Crippen LogP contribution in [-0.4, -0.2) is 58.8 Å². The summed E-state index contributed by atoms with van der Waals surface area (Å²) >= 11 is 0. The SMILES string of the molecule is CCOC(=O)CNC(=O)N(CC(=O)Nc1cc(C(C)(C)C)nn1-c1cccc(C)c1)CC(C)C. The van der Waals surface area contributed by atoms with Gasteiger partial charge in [0.25, 0.3) is 0 Å². The topological polar surface area (TPSA) is 106 Å². The van der Waals surface area contributed by atoms with E-state index in [1.807, 2.05) is 51.1 Å². The Hall–Kier alpha value is -3.36. The molecule has 0 aliphatic heterocycles. The minimum Gasteiger partial charge on any atom is -0.465 e. The molecule has 0 saturated heterocycles.